The van der Waals surface area contributed by atoms with Gasteiger partial charge in [0.1, 0.15) is 0 Å². The lowest BCUT2D eigenvalue weighted by atomic mass is 9.75. The fourth-order valence-electron chi connectivity index (χ4n) is 2.97. The summed E-state index contributed by atoms with van der Waals surface area (Å²) in [5.74, 6) is 0.217. The molecule has 1 aliphatic rings. The van der Waals surface area contributed by atoms with Crippen molar-refractivity contribution in [1.29, 1.82) is 0 Å². The third-order valence-corrected chi connectivity index (χ3v) is 3.99. The molecule has 1 unspecified atom stereocenters. The van der Waals surface area contributed by atoms with E-state index in [-0.39, 0.29) is 11.3 Å². The van der Waals surface area contributed by atoms with E-state index in [1.54, 1.807) is 17.3 Å². The molecule has 4 heteroatoms. The van der Waals surface area contributed by atoms with Crippen LogP contribution in [0.25, 0.3) is 0 Å². The van der Waals surface area contributed by atoms with Crippen molar-refractivity contribution in [3.8, 4) is 0 Å². The molecule has 19 heavy (non-hydrogen) atoms. The molecule has 0 aromatic carbocycles. The van der Waals surface area contributed by atoms with Crippen LogP contribution >= 0.6 is 0 Å². The number of hydrogen-bond acceptors (Lipinski definition) is 3. The Hall–Kier alpha value is -1.42. The van der Waals surface area contributed by atoms with Crippen LogP contribution in [0.2, 0.25) is 0 Å². The monoisotopic (exact) mass is 261 g/mol. The Bertz CT molecular complexity index is 407. The van der Waals surface area contributed by atoms with Crippen LogP contribution in [-0.2, 0) is 4.79 Å². The second-order valence-corrected chi connectivity index (χ2v) is 5.39. The minimum atomic E-state index is -0.239. The Morgan fingerprint density at radius 1 is 1.58 bits per heavy atom. The number of pyridine rings is 1. The summed E-state index contributed by atoms with van der Waals surface area (Å²) in [5, 5.41) is 3.38. The smallest absolute Gasteiger partial charge is 0.234 e. The van der Waals surface area contributed by atoms with Crippen molar-refractivity contribution >= 4 is 11.6 Å². The summed E-state index contributed by atoms with van der Waals surface area (Å²) in [6.45, 7) is 3.97. The van der Waals surface area contributed by atoms with Crippen molar-refractivity contribution in [3.05, 3.63) is 24.5 Å². The highest BCUT2D eigenvalue weighted by molar-refractivity contribution is 5.97. The number of nitrogens with zero attached hydrogens (tertiary/aromatic N) is 2. The van der Waals surface area contributed by atoms with Gasteiger partial charge in [-0.25, -0.2) is 0 Å². The SMILES string of the molecule is CCCC1(C(=O)N(C)c2cccnc2)CCCNC1. The van der Waals surface area contributed by atoms with Gasteiger partial charge >= 0.3 is 0 Å². The zero-order chi connectivity index (χ0) is 13.7. The Balaban J connectivity index is 2.19. The second-order valence-electron chi connectivity index (χ2n) is 5.39. The minimum Gasteiger partial charge on any atom is -0.316 e. The van der Waals surface area contributed by atoms with Crippen LogP contribution in [0.15, 0.2) is 24.5 Å². The molecule has 1 aliphatic heterocycles. The molecule has 1 fully saturated rings. The molecule has 0 bridgehead atoms. The van der Waals surface area contributed by atoms with E-state index in [1.165, 1.54) is 0 Å². The maximum absolute atomic E-state index is 12.9. The van der Waals surface area contributed by atoms with E-state index in [0.717, 1.165) is 44.5 Å². The van der Waals surface area contributed by atoms with E-state index in [1.807, 2.05) is 19.2 Å². The van der Waals surface area contributed by atoms with E-state index >= 15 is 0 Å². The van der Waals surface area contributed by atoms with Gasteiger partial charge in [-0.05, 0) is 37.9 Å². The average molecular weight is 261 g/mol. The predicted octanol–water partition coefficient (Wildman–Crippen LogP) is 2.21. The zero-order valence-corrected chi connectivity index (χ0v) is 11.9. The molecule has 1 atom stereocenters. The summed E-state index contributed by atoms with van der Waals surface area (Å²) < 4.78 is 0. The average Bonchev–Trinajstić information content (AvgIpc) is 2.48. The van der Waals surface area contributed by atoms with E-state index in [4.69, 9.17) is 0 Å². The second kappa shape index (κ2) is 6.15. The number of anilines is 1. The molecular formula is C15H23N3O. The van der Waals surface area contributed by atoms with E-state index in [2.05, 4.69) is 17.2 Å². The quantitative estimate of drug-likeness (QED) is 0.904. The van der Waals surface area contributed by atoms with Gasteiger partial charge in [-0.2, -0.15) is 0 Å². The molecule has 104 valence electrons. The molecule has 0 spiro atoms. The number of piperidine rings is 1. The molecule has 1 amide bonds. The lowest BCUT2D eigenvalue weighted by molar-refractivity contribution is -0.129. The fourth-order valence-corrected chi connectivity index (χ4v) is 2.97. The predicted molar refractivity (Wildman–Crippen MR) is 77.1 cm³/mol. The highest BCUT2D eigenvalue weighted by Gasteiger charge is 2.40. The summed E-state index contributed by atoms with van der Waals surface area (Å²) in [7, 11) is 1.85. The van der Waals surface area contributed by atoms with Crippen molar-refractivity contribution in [3.63, 3.8) is 0 Å². The van der Waals surface area contributed by atoms with Crippen LogP contribution in [0.3, 0.4) is 0 Å². The lowest BCUT2D eigenvalue weighted by Gasteiger charge is -2.39. The number of rotatable bonds is 4. The van der Waals surface area contributed by atoms with Gasteiger partial charge in [0.15, 0.2) is 0 Å². The summed E-state index contributed by atoms with van der Waals surface area (Å²) in [6, 6.07) is 3.80. The summed E-state index contributed by atoms with van der Waals surface area (Å²) in [4.78, 5) is 18.7. The van der Waals surface area contributed by atoms with Crippen molar-refractivity contribution in [2.75, 3.05) is 25.0 Å². The summed E-state index contributed by atoms with van der Waals surface area (Å²) >= 11 is 0. The van der Waals surface area contributed by atoms with Crippen LogP contribution < -0.4 is 10.2 Å². The Morgan fingerprint density at radius 2 is 2.42 bits per heavy atom. The van der Waals surface area contributed by atoms with Crippen molar-refractivity contribution in [2.45, 2.75) is 32.6 Å². The molecule has 0 radical (unpaired) electrons. The number of carbonyl (C=O) groups excluding carboxylic acids is 1. The number of hydrogen-bond donors (Lipinski definition) is 1. The topological polar surface area (TPSA) is 45.2 Å². The number of aromatic nitrogens is 1. The van der Waals surface area contributed by atoms with Crippen molar-refractivity contribution in [1.82, 2.24) is 10.3 Å². The molecule has 2 heterocycles. The lowest BCUT2D eigenvalue weighted by Crippen LogP contribution is -2.51. The van der Waals surface area contributed by atoms with Crippen LogP contribution in [0.4, 0.5) is 5.69 Å². The Labute approximate surface area is 115 Å². The Kier molecular flexibility index (Phi) is 4.53. The van der Waals surface area contributed by atoms with Crippen molar-refractivity contribution in [2.24, 2.45) is 5.41 Å². The normalized spacial score (nSPS) is 23.1. The van der Waals surface area contributed by atoms with Crippen LogP contribution in [0, 0.1) is 5.41 Å². The fraction of sp³-hybridized carbons (Fsp3) is 0.600. The van der Waals surface area contributed by atoms with Gasteiger partial charge in [0.25, 0.3) is 0 Å². The molecule has 0 aliphatic carbocycles. The maximum atomic E-state index is 12.9. The zero-order valence-electron chi connectivity index (χ0n) is 11.9. The highest BCUT2D eigenvalue weighted by Crippen LogP contribution is 2.34. The minimum absolute atomic E-state index is 0.217. The van der Waals surface area contributed by atoms with Crippen molar-refractivity contribution < 1.29 is 4.79 Å². The van der Waals surface area contributed by atoms with Gasteiger partial charge < -0.3 is 10.2 Å². The third-order valence-electron chi connectivity index (χ3n) is 3.99. The third kappa shape index (κ3) is 2.95. The van der Waals surface area contributed by atoms with E-state index in [0.29, 0.717) is 0 Å². The first kappa shape index (κ1) is 14.0. The molecule has 2 rings (SSSR count). The van der Waals surface area contributed by atoms with Gasteiger partial charge in [0.05, 0.1) is 17.3 Å². The molecule has 1 saturated heterocycles. The first-order valence-corrected chi connectivity index (χ1v) is 7.08. The van der Waals surface area contributed by atoms with Crippen LogP contribution in [0.5, 0.6) is 0 Å². The first-order valence-electron chi connectivity index (χ1n) is 7.08. The van der Waals surface area contributed by atoms with E-state index < -0.39 is 0 Å². The summed E-state index contributed by atoms with van der Waals surface area (Å²) in [5.41, 5.74) is 0.631. The van der Waals surface area contributed by atoms with Gasteiger partial charge in [0, 0.05) is 19.8 Å². The molecule has 1 aromatic heterocycles. The van der Waals surface area contributed by atoms with Gasteiger partial charge in [-0.1, -0.05) is 13.3 Å². The van der Waals surface area contributed by atoms with Crippen LogP contribution in [-0.4, -0.2) is 31.0 Å². The maximum Gasteiger partial charge on any atom is 0.234 e. The van der Waals surface area contributed by atoms with Gasteiger partial charge in [-0.15, -0.1) is 0 Å². The standard InChI is InChI=1S/C15H23N3O/c1-3-7-15(8-5-10-17-12-15)14(19)18(2)13-6-4-9-16-11-13/h4,6,9,11,17H,3,5,7-8,10,12H2,1-2H3. The first-order chi connectivity index (χ1) is 9.19. The molecule has 4 nitrogen and oxygen atoms in total. The highest BCUT2D eigenvalue weighted by atomic mass is 16.2. The molecule has 1 aromatic rings. The molecule has 0 saturated carbocycles. The number of amides is 1. The molecule has 1 N–H and O–H groups in total. The van der Waals surface area contributed by atoms with Gasteiger partial charge in [-0.3, -0.25) is 9.78 Å². The largest absolute Gasteiger partial charge is 0.316 e. The van der Waals surface area contributed by atoms with E-state index in [9.17, 15) is 4.79 Å². The summed E-state index contributed by atoms with van der Waals surface area (Å²) in [6.07, 6.45) is 7.52. The number of carbonyl (C=O) groups is 1. The molecular weight excluding hydrogens is 238 g/mol. The van der Waals surface area contributed by atoms with Crippen LogP contribution in [0.1, 0.15) is 32.6 Å². The van der Waals surface area contributed by atoms with Gasteiger partial charge in [0.2, 0.25) is 5.91 Å². The number of nitrogens with one attached hydrogen (secondary N) is 1. The Morgan fingerprint density at radius 3 is 3.00 bits per heavy atom.